The van der Waals surface area contributed by atoms with E-state index in [1.807, 2.05) is 0 Å². The lowest BCUT2D eigenvalue weighted by Crippen LogP contribution is -2.01. The summed E-state index contributed by atoms with van der Waals surface area (Å²) in [5.74, 6) is -0.848. The van der Waals surface area contributed by atoms with Gasteiger partial charge in [-0.2, -0.15) is 0 Å². The smallest absolute Gasteiger partial charge is 0.270 e. The van der Waals surface area contributed by atoms with E-state index in [-0.39, 0.29) is 28.6 Å². The molecule has 0 unspecified atom stereocenters. The molecule has 0 radical (unpaired) electrons. The molecule has 0 aliphatic carbocycles. The first-order valence-electron chi connectivity index (χ1n) is 5.82. The zero-order valence-corrected chi connectivity index (χ0v) is 11.3. The standard InChI is InChI=1S/C14H9ClFNO4/c15-12-6-11(17(19)20)5-4-10(12)8-21-14-9(7-18)2-1-3-13(14)16/h1-7H,8H2. The molecule has 7 heteroatoms. The average molecular weight is 310 g/mol. The first kappa shape index (κ1) is 14.9. The van der Waals surface area contributed by atoms with E-state index < -0.39 is 10.7 Å². The number of halogens is 2. The molecule has 5 nitrogen and oxygen atoms in total. The predicted octanol–water partition coefficient (Wildman–Crippen LogP) is 3.78. The van der Waals surface area contributed by atoms with Crippen LogP contribution in [0.25, 0.3) is 0 Å². The highest BCUT2D eigenvalue weighted by molar-refractivity contribution is 6.31. The molecule has 0 heterocycles. The summed E-state index contributed by atoms with van der Waals surface area (Å²) in [6.45, 7) is -0.112. The minimum atomic E-state index is -0.669. The molecular formula is C14H9ClFNO4. The summed E-state index contributed by atoms with van der Waals surface area (Å²) < 4.78 is 18.9. The zero-order chi connectivity index (χ0) is 15.4. The second-order valence-electron chi connectivity index (χ2n) is 4.10. The summed E-state index contributed by atoms with van der Waals surface area (Å²) in [7, 11) is 0. The largest absolute Gasteiger partial charge is 0.485 e. The number of carbonyl (C=O) groups excluding carboxylic acids is 1. The molecule has 0 amide bonds. The van der Waals surface area contributed by atoms with Gasteiger partial charge in [-0.05, 0) is 18.2 Å². The van der Waals surface area contributed by atoms with Crippen molar-refractivity contribution in [3.63, 3.8) is 0 Å². The molecule has 0 aromatic heterocycles. The summed E-state index contributed by atoms with van der Waals surface area (Å²) in [5.41, 5.74) is 0.374. The molecule has 21 heavy (non-hydrogen) atoms. The van der Waals surface area contributed by atoms with Crippen LogP contribution in [-0.4, -0.2) is 11.2 Å². The summed E-state index contributed by atoms with van der Waals surface area (Å²) >= 11 is 5.91. The SMILES string of the molecule is O=Cc1cccc(F)c1OCc1ccc([N+](=O)[O-])cc1Cl. The fourth-order valence-electron chi connectivity index (χ4n) is 1.69. The highest BCUT2D eigenvalue weighted by atomic mass is 35.5. The number of nitro groups is 1. The van der Waals surface area contributed by atoms with Crippen LogP contribution in [0.1, 0.15) is 15.9 Å². The van der Waals surface area contributed by atoms with E-state index in [9.17, 15) is 19.3 Å². The molecular weight excluding hydrogens is 301 g/mol. The van der Waals surface area contributed by atoms with Gasteiger partial charge < -0.3 is 4.74 Å². The number of aldehydes is 1. The molecule has 0 aliphatic heterocycles. The Balaban J connectivity index is 2.21. The normalized spacial score (nSPS) is 10.2. The van der Waals surface area contributed by atoms with Gasteiger partial charge in [-0.1, -0.05) is 17.7 Å². The Morgan fingerprint density at radius 1 is 1.33 bits per heavy atom. The maximum atomic E-state index is 13.6. The number of para-hydroxylation sites is 1. The van der Waals surface area contributed by atoms with Crippen LogP contribution in [0.2, 0.25) is 5.02 Å². The Morgan fingerprint density at radius 2 is 2.10 bits per heavy atom. The van der Waals surface area contributed by atoms with Crippen molar-refractivity contribution in [2.24, 2.45) is 0 Å². The van der Waals surface area contributed by atoms with E-state index in [0.29, 0.717) is 11.8 Å². The number of nitrogens with zero attached hydrogens (tertiary/aromatic N) is 1. The molecule has 2 aromatic carbocycles. The molecule has 0 atom stereocenters. The quantitative estimate of drug-likeness (QED) is 0.479. The second kappa shape index (κ2) is 6.32. The lowest BCUT2D eigenvalue weighted by molar-refractivity contribution is -0.384. The topological polar surface area (TPSA) is 69.4 Å². The summed E-state index contributed by atoms with van der Waals surface area (Å²) in [4.78, 5) is 20.9. The number of rotatable bonds is 5. The van der Waals surface area contributed by atoms with Gasteiger partial charge >= 0.3 is 0 Å². The molecule has 2 rings (SSSR count). The maximum absolute atomic E-state index is 13.6. The van der Waals surface area contributed by atoms with Crippen molar-refractivity contribution >= 4 is 23.6 Å². The molecule has 0 saturated heterocycles. The highest BCUT2D eigenvalue weighted by Gasteiger charge is 2.13. The van der Waals surface area contributed by atoms with Gasteiger partial charge in [0.05, 0.1) is 15.5 Å². The third-order valence-corrected chi connectivity index (χ3v) is 3.10. The Kier molecular flexibility index (Phi) is 4.49. The zero-order valence-electron chi connectivity index (χ0n) is 10.6. The van der Waals surface area contributed by atoms with Crippen LogP contribution in [0.4, 0.5) is 10.1 Å². The number of carbonyl (C=O) groups is 1. The Morgan fingerprint density at radius 3 is 2.71 bits per heavy atom. The first-order valence-corrected chi connectivity index (χ1v) is 6.20. The number of non-ortho nitro benzene ring substituents is 1. The molecule has 0 fully saturated rings. The minimum Gasteiger partial charge on any atom is -0.485 e. The number of nitro benzene ring substituents is 1. The third kappa shape index (κ3) is 3.35. The number of hydrogen-bond donors (Lipinski definition) is 0. The lowest BCUT2D eigenvalue weighted by atomic mass is 10.2. The third-order valence-electron chi connectivity index (χ3n) is 2.74. The molecule has 2 aromatic rings. The van der Waals surface area contributed by atoms with Crippen molar-refractivity contribution in [3.8, 4) is 5.75 Å². The maximum Gasteiger partial charge on any atom is 0.270 e. The molecule has 0 saturated carbocycles. The highest BCUT2D eigenvalue weighted by Crippen LogP contribution is 2.26. The van der Waals surface area contributed by atoms with E-state index in [4.69, 9.17) is 16.3 Å². The van der Waals surface area contributed by atoms with Crippen LogP contribution in [-0.2, 0) is 6.61 Å². The van der Waals surface area contributed by atoms with Gasteiger partial charge in [0.1, 0.15) is 6.61 Å². The van der Waals surface area contributed by atoms with Gasteiger partial charge in [0.25, 0.3) is 5.69 Å². The average Bonchev–Trinajstić information content (AvgIpc) is 2.46. The van der Waals surface area contributed by atoms with Crippen LogP contribution in [0.5, 0.6) is 5.75 Å². The van der Waals surface area contributed by atoms with Gasteiger partial charge in [-0.15, -0.1) is 0 Å². The number of hydrogen-bond acceptors (Lipinski definition) is 4. The monoisotopic (exact) mass is 309 g/mol. The van der Waals surface area contributed by atoms with Crippen molar-refractivity contribution in [2.45, 2.75) is 6.61 Å². The summed E-state index contributed by atoms with van der Waals surface area (Å²) in [6.07, 6.45) is 0.482. The van der Waals surface area contributed by atoms with E-state index in [2.05, 4.69) is 0 Å². The van der Waals surface area contributed by atoms with Crippen molar-refractivity contribution < 1.29 is 18.8 Å². The van der Waals surface area contributed by atoms with Crippen molar-refractivity contribution in [3.05, 3.63) is 68.5 Å². The van der Waals surface area contributed by atoms with Crippen molar-refractivity contribution in [2.75, 3.05) is 0 Å². The van der Waals surface area contributed by atoms with E-state index in [0.717, 1.165) is 0 Å². The van der Waals surface area contributed by atoms with Gasteiger partial charge in [-0.25, -0.2) is 4.39 Å². The molecule has 0 spiro atoms. The van der Waals surface area contributed by atoms with Crippen LogP contribution < -0.4 is 4.74 Å². The van der Waals surface area contributed by atoms with Gasteiger partial charge in [0, 0.05) is 17.7 Å². The van der Waals surface area contributed by atoms with Crippen LogP contribution in [0, 0.1) is 15.9 Å². The first-order chi connectivity index (χ1) is 10.0. The fourth-order valence-corrected chi connectivity index (χ4v) is 1.92. The van der Waals surface area contributed by atoms with E-state index >= 15 is 0 Å². The molecule has 0 bridgehead atoms. The van der Waals surface area contributed by atoms with Gasteiger partial charge in [0.2, 0.25) is 0 Å². The Labute approximate surface area is 124 Å². The predicted molar refractivity (Wildman–Crippen MR) is 74.2 cm³/mol. The number of ether oxygens (including phenoxy) is 1. The van der Waals surface area contributed by atoms with Crippen LogP contribution in [0.3, 0.4) is 0 Å². The number of benzene rings is 2. The summed E-state index contributed by atoms with van der Waals surface area (Å²) in [6, 6.07) is 7.85. The molecule has 0 N–H and O–H groups in total. The molecule has 0 aliphatic rings. The minimum absolute atomic E-state index is 0.0769. The summed E-state index contributed by atoms with van der Waals surface area (Å²) in [5, 5.41) is 10.7. The Hall–Kier alpha value is -2.47. The van der Waals surface area contributed by atoms with E-state index in [1.54, 1.807) is 0 Å². The van der Waals surface area contributed by atoms with Gasteiger partial charge in [-0.3, -0.25) is 14.9 Å². The van der Waals surface area contributed by atoms with Crippen molar-refractivity contribution in [1.82, 2.24) is 0 Å². The molecule has 108 valence electrons. The van der Waals surface area contributed by atoms with Crippen molar-refractivity contribution in [1.29, 1.82) is 0 Å². The fraction of sp³-hybridized carbons (Fsp3) is 0.0714. The Bertz CT molecular complexity index is 705. The van der Waals surface area contributed by atoms with Crippen LogP contribution >= 0.6 is 11.6 Å². The van der Waals surface area contributed by atoms with Gasteiger partial charge in [0.15, 0.2) is 17.9 Å². The second-order valence-corrected chi connectivity index (χ2v) is 4.50. The lowest BCUT2D eigenvalue weighted by Gasteiger charge is -2.10. The van der Waals surface area contributed by atoms with Crippen LogP contribution in [0.15, 0.2) is 36.4 Å². The van der Waals surface area contributed by atoms with E-state index in [1.165, 1.54) is 36.4 Å².